The second kappa shape index (κ2) is 7.19. The van der Waals surface area contributed by atoms with Crippen molar-refractivity contribution in [3.63, 3.8) is 0 Å². The Labute approximate surface area is 135 Å². The topological polar surface area (TPSA) is 157 Å². The highest BCUT2D eigenvalue weighted by Crippen LogP contribution is 2.23. The molecule has 0 bridgehead atoms. The van der Waals surface area contributed by atoms with Crippen LogP contribution in [-0.2, 0) is 0 Å². The van der Waals surface area contributed by atoms with E-state index in [4.69, 9.17) is 16.4 Å². The van der Waals surface area contributed by atoms with Crippen LogP contribution in [0.25, 0.3) is 11.3 Å². The van der Waals surface area contributed by atoms with E-state index in [1.807, 2.05) is 0 Å². The van der Waals surface area contributed by atoms with Crippen molar-refractivity contribution in [2.75, 3.05) is 11.7 Å². The summed E-state index contributed by atoms with van der Waals surface area (Å²) in [6.45, 7) is 0. The Morgan fingerprint density at radius 1 is 1.48 bits per heavy atom. The third-order valence-electron chi connectivity index (χ3n) is 2.70. The summed E-state index contributed by atoms with van der Waals surface area (Å²) in [6, 6.07) is 8.46. The molecule has 0 amide bonds. The summed E-state index contributed by atoms with van der Waals surface area (Å²) < 4.78 is 0. The molecule has 116 valence electrons. The lowest BCUT2D eigenvalue weighted by atomic mass is 10.1. The van der Waals surface area contributed by atoms with E-state index in [-0.39, 0.29) is 11.4 Å². The predicted octanol–water partition coefficient (Wildman–Crippen LogP) is 0.781. The van der Waals surface area contributed by atoms with Gasteiger partial charge in [-0.2, -0.15) is 10.4 Å². The van der Waals surface area contributed by atoms with Gasteiger partial charge < -0.3 is 5.73 Å². The Morgan fingerprint density at radius 2 is 2.22 bits per heavy atom. The number of aromatic amines is 1. The Balaban J connectivity index is 2.45. The van der Waals surface area contributed by atoms with Crippen molar-refractivity contribution in [3.05, 3.63) is 34.6 Å². The minimum absolute atomic E-state index is 0.113. The molecule has 0 aliphatic rings. The molecule has 0 aliphatic heterocycles. The second-order valence-corrected chi connectivity index (χ2v) is 4.95. The van der Waals surface area contributed by atoms with Gasteiger partial charge in [-0.3, -0.25) is 20.6 Å². The number of hydrazone groups is 1. The van der Waals surface area contributed by atoms with Crippen LogP contribution in [0, 0.1) is 16.7 Å². The average molecular weight is 328 g/mol. The fraction of sp³-hybridized carbons (Fsp3) is 0.0769. The first-order valence-electron chi connectivity index (χ1n) is 6.25. The molecular weight excluding hydrogens is 316 g/mol. The van der Waals surface area contributed by atoms with Gasteiger partial charge in [-0.1, -0.05) is 30.0 Å². The Hall–Kier alpha value is -3.19. The van der Waals surface area contributed by atoms with Crippen LogP contribution in [0.15, 0.2) is 39.3 Å². The monoisotopic (exact) mass is 328 g/mol. The minimum Gasteiger partial charge on any atom is -0.382 e. The third-order valence-corrected chi connectivity index (χ3v) is 3.27. The highest BCUT2D eigenvalue weighted by atomic mass is 32.2. The molecule has 0 radical (unpaired) electrons. The molecule has 2 aromatic rings. The van der Waals surface area contributed by atoms with Crippen LogP contribution >= 0.6 is 11.8 Å². The van der Waals surface area contributed by atoms with E-state index >= 15 is 0 Å². The van der Waals surface area contributed by atoms with E-state index in [9.17, 15) is 4.79 Å². The number of nitrogens with one attached hydrogen (secondary N) is 3. The molecule has 1 aromatic heterocycles. The van der Waals surface area contributed by atoms with Crippen molar-refractivity contribution < 1.29 is 0 Å². The minimum atomic E-state index is -0.459. The van der Waals surface area contributed by atoms with Crippen LogP contribution in [0.2, 0.25) is 0 Å². The summed E-state index contributed by atoms with van der Waals surface area (Å²) >= 11 is 1.27. The van der Waals surface area contributed by atoms with E-state index in [1.165, 1.54) is 11.8 Å². The number of anilines is 1. The van der Waals surface area contributed by atoms with Gasteiger partial charge in [0.25, 0.3) is 5.56 Å². The molecule has 0 fully saturated rings. The van der Waals surface area contributed by atoms with Crippen molar-refractivity contribution in [2.45, 2.75) is 5.16 Å². The molecule has 0 saturated carbocycles. The highest BCUT2D eigenvalue weighted by molar-refractivity contribution is 7.98. The molecule has 1 aromatic carbocycles. The van der Waals surface area contributed by atoms with Crippen LogP contribution in [0.1, 0.15) is 0 Å². The molecule has 2 rings (SSSR count). The van der Waals surface area contributed by atoms with Crippen molar-refractivity contribution in [1.29, 1.82) is 10.7 Å². The van der Waals surface area contributed by atoms with Gasteiger partial charge in [0.05, 0.1) is 5.69 Å². The van der Waals surface area contributed by atoms with Crippen LogP contribution in [0.5, 0.6) is 0 Å². The lowest BCUT2D eigenvalue weighted by molar-refractivity contribution is 0.826. The molecule has 0 unspecified atom stereocenters. The smallest absolute Gasteiger partial charge is 0.278 e. The first-order chi connectivity index (χ1) is 11.1. The van der Waals surface area contributed by atoms with E-state index < -0.39 is 11.4 Å². The largest absolute Gasteiger partial charge is 0.382 e. The van der Waals surface area contributed by atoms with E-state index in [1.54, 1.807) is 36.6 Å². The van der Waals surface area contributed by atoms with Gasteiger partial charge in [-0.05, 0) is 12.3 Å². The Kier molecular flexibility index (Phi) is 5.06. The molecule has 0 saturated heterocycles. The number of benzene rings is 1. The lowest BCUT2D eigenvalue weighted by Gasteiger charge is -2.07. The maximum absolute atomic E-state index is 12.1. The number of para-hydroxylation sites is 1. The van der Waals surface area contributed by atoms with Gasteiger partial charge in [-0.15, -0.1) is 10.2 Å². The van der Waals surface area contributed by atoms with Crippen molar-refractivity contribution in [1.82, 2.24) is 15.2 Å². The zero-order chi connectivity index (χ0) is 16.8. The number of amidine groups is 1. The highest BCUT2D eigenvalue weighted by Gasteiger charge is 2.12. The van der Waals surface area contributed by atoms with Gasteiger partial charge in [0.2, 0.25) is 5.71 Å². The van der Waals surface area contributed by atoms with E-state index in [0.717, 1.165) is 0 Å². The third kappa shape index (κ3) is 3.72. The molecule has 0 spiro atoms. The van der Waals surface area contributed by atoms with Crippen LogP contribution in [-0.4, -0.2) is 33.0 Å². The maximum atomic E-state index is 12.1. The van der Waals surface area contributed by atoms with Crippen molar-refractivity contribution in [3.8, 4) is 17.3 Å². The zero-order valence-corrected chi connectivity index (χ0v) is 12.8. The van der Waals surface area contributed by atoms with E-state index in [2.05, 4.69) is 25.7 Å². The van der Waals surface area contributed by atoms with Gasteiger partial charge in [0.1, 0.15) is 6.07 Å². The van der Waals surface area contributed by atoms with Gasteiger partial charge in [0.15, 0.2) is 16.7 Å². The van der Waals surface area contributed by atoms with Gasteiger partial charge in [0, 0.05) is 5.56 Å². The first-order valence-corrected chi connectivity index (χ1v) is 7.48. The molecule has 0 aliphatic carbocycles. The molecule has 0 atom stereocenters. The molecular formula is C13H12N8OS. The number of aromatic nitrogens is 3. The summed E-state index contributed by atoms with van der Waals surface area (Å²) in [4.78, 5) is 14.7. The standard InChI is InChI=1S/C13H12N8OS/c1-23-13-17-12(22)10(20-21-13)7-4-2-3-5-8(7)18-19-9(6-14)11(15)16/h2-5,18H,1H3,(H3,15,16)(H,17,21,22)/b19-9+. The fourth-order valence-electron chi connectivity index (χ4n) is 1.64. The second-order valence-electron chi connectivity index (χ2n) is 4.16. The molecule has 5 N–H and O–H groups in total. The molecule has 23 heavy (non-hydrogen) atoms. The SMILES string of the molecule is CSc1nnc(-c2ccccc2N/N=C(\C#N)C(=N)N)c(=O)[nH]1. The number of nitriles is 1. The first kappa shape index (κ1) is 16.2. The van der Waals surface area contributed by atoms with Crippen LogP contribution in [0.3, 0.4) is 0 Å². The number of hydrogen-bond acceptors (Lipinski definition) is 8. The summed E-state index contributed by atoms with van der Waals surface area (Å²) in [5.41, 5.74) is 8.18. The summed E-state index contributed by atoms with van der Waals surface area (Å²) in [6.07, 6.45) is 1.77. The molecule has 1 heterocycles. The van der Waals surface area contributed by atoms with Crippen molar-refractivity contribution in [2.24, 2.45) is 10.8 Å². The quantitative estimate of drug-likeness (QED) is 0.273. The summed E-state index contributed by atoms with van der Waals surface area (Å²) in [7, 11) is 0. The zero-order valence-electron chi connectivity index (χ0n) is 12.0. The van der Waals surface area contributed by atoms with Gasteiger partial charge in [-0.25, -0.2) is 0 Å². The number of rotatable bonds is 5. The van der Waals surface area contributed by atoms with E-state index in [0.29, 0.717) is 16.4 Å². The number of hydrogen-bond donors (Lipinski definition) is 4. The van der Waals surface area contributed by atoms with Crippen molar-refractivity contribution >= 4 is 29.0 Å². The van der Waals surface area contributed by atoms with Crippen LogP contribution < -0.4 is 16.7 Å². The van der Waals surface area contributed by atoms with Crippen LogP contribution in [0.4, 0.5) is 5.69 Å². The number of nitrogens with zero attached hydrogens (tertiary/aromatic N) is 4. The lowest BCUT2D eigenvalue weighted by Crippen LogP contribution is -2.22. The Bertz CT molecular complexity index is 867. The number of nitrogens with two attached hydrogens (primary N) is 1. The molecule has 10 heteroatoms. The summed E-state index contributed by atoms with van der Waals surface area (Å²) in [5.74, 6) is -0.459. The number of thioether (sulfide) groups is 1. The average Bonchev–Trinajstić information content (AvgIpc) is 2.55. The number of H-pyrrole nitrogens is 1. The summed E-state index contributed by atoms with van der Waals surface area (Å²) in [5, 5.41) is 28.1. The fourth-order valence-corrected chi connectivity index (χ4v) is 1.96. The predicted molar refractivity (Wildman–Crippen MR) is 88.5 cm³/mol. The van der Waals surface area contributed by atoms with Gasteiger partial charge >= 0.3 is 0 Å². The molecule has 9 nitrogen and oxygen atoms in total. The maximum Gasteiger partial charge on any atom is 0.278 e. The Morgan fingerprint density at radius 3 is 2.83 bits per heavy atom. The normalized spacial score (nSPS) is 10.9.